The third kappa shape index (κ3) is 12.3. The van der Waals surface area contributed by atoms with Crippen molar-refractivity contribution in [2.75, 3.05) is 13.2 Å². The average molecular weight is 778 g/mol. The number of rotatable bonds is 12. The zero-order valence-corrected chi connectivity index (χ0v) is 39.3. The fourth-order valence-corrected chi connectivity index (χ4v) is 4.82. The molecule has 0 bridgehead atoms. The Bertz CT molecular complexity index is 1040. The van der Waals surface area contributed by atoms with Gasteiger partial charge in [-0.1, -0.05) is 166 Å². The van der Waals surface area contributed by atoms with Gasteiger partial charge in [-0.05, 0) is 83.4 Å². The Balaban J connectivity index is 0.000000749. The van der Waals surface area contributed by atoms with Crippen molar-refractivity contribution in [3.05, 3.63) is 34.4 Å². The topological polar surface area (TPSA) is 63.2 Å². The molecule has 0 N–H and O–H groups in total. The molecule has 5 nitrogen and oxygen atoms in total. The van der Waals surface area contributed by atoms with E-state index in [2.05, 4.69) is 132 Å². The minimum atomic E-state index is 0. The summed E-state index contributed by atoms with van der Waals surface area (Å²) in [5, 5.41) is 0. The van der Waals surface area contributed by atoms with E-state index in [0.29, 0.717) is 0 Å². The second-order valence-electron chi connectivity index (χ2n) is 17.9. The second-order valence-corrected chi connectivity index (χ2v) is 17.9. The summed E-state index contributed by atoms with van der Waals surface area (Å²) in [6.45, 7) is 44.8. The fourth-order valence-electron chi connectivity index (χ4n) is 4.82. The molecule has 1 unspecified atom stereocenters. The van der Waals surface area contributed by atoms with Gasteiger partial charge in [-0.15, -0.1) is 0 Å². The van der Waals surface area contributed by atoms with Gasteiger partial charge in [0.25, 0.3) is 0 Å². The van der Waals surface area contributed by atoms with Gasteiger partial charge in [0.05, 0.1) is 0 Å². The van der Waals surface area contributed by atoms with Gasteiger partial charge >= 0.3 is 48.9 Å². The number of aromatic nitrogens is 4. The molecule has 1 saturated heterocycles. The van der Waals surface area contributed by atoms with Crippen LogP contribution in [0.4, 0.5) is 0 Å². The summed E-state index contributed by atoms with van der Waals surface area (Å²) in [7, 11) is 0. The van der Waals surface area contributed by atoms with Crippen LogP contribution in [0.15, 0.2) is 0 Å². The normalized spacial score (nSPS) is 16.2. The second kappa shape index (κ2) is 18.4. The Morgan fingerprint density at radius 2 is 0.830 bits per heavy atom. The maximum Gasteiger partial charge on any atom is 2.00 e. The first-order valence-corrected chi connectivity index (χ1v) is 18.6. The van der Waals surface area contributed by atoms with Gasteiger partial charge in [-0.3, -0.25) is 0 Å². The van der Waals surface area contributed by atoms with E-state index in [9.17, 15) is 0 Å². The molecule has 0 radical (unpaired) electrons. The first kappa shape index (κ1) is 47.0. The van der Waals surface area contributed by atoms with Gasteiger partial charge in [0.15, 0.2) is 0 Å². The molecule has 3 heterocycles. The molecular weight excluding hydrogens is 702 g/mol. The first-order chi connectivity index (χ1) is 20.9. The van der Waals surface area contributed by atoms with E-state index in [1.165, 1.54) is 29.2 Å². The van der Waals surface area contributed by atoms with Crippen molar-refractivity contribution in [1.29, 1.82) is 0 Å². The van der Waals surface area contributed by atoms with E-state index < -0.39 is 0 Å². The molecule has 2 aromatic heterocycles. The third-order valence-corrected chi connectivity index (χ3v) is 11.6. The van der Waals surface area contributed by atoms with Crippen LogP contribution in [0.3, 0.4) is 0 Å². The van der Waals surface area contributed by atoms with E-state index in [-0.39, 0.29) is 81.4 Å². The van der Waals surface area contributed by atoms with Gasteiger partial charge < -0.3 is 24.7 Å². The van der Waals surface area contributed by atoms with Gasteiger partial charge in [0.1, 0.15) is 0 Å². The summed E-state index contributed by atoms with van der Waals surface area (Å²) in [4.78, 5) is 20.0. The Kier molecular flexibility index (Phi) is 18.4. The monoisotopic (exact) mass is 779 g/mol. The van der Waals surface area contributed by atoms with Crippen LogP contribution in [0.2, 0.25) is 0 Å². The molecule has 0 saturated carbocycles. The average Bonchev–Trinajstić information content (AvgIpc) is 3.78. The molecule has 2 aromatic rings. The minimum Gasteiger partial charge on any atom is -0.442 e. The SMILES string of the molecule is CC1CCOC1.CCC(C)(C)c1nc(C(C)(C)CC)c(C(C)(C)CC)[n-]1.CCC(C)(C)c1nc(C(C)(C)CC)c(C(C)(C)CC)[n-]1.[Ba+2]. The molecule has 6 heteroatoms. The Labute approximate surface area is 333 Å². The van der Waals surface area contributed by atoms with Crippen LogP contribution in [0.1, 0.15) is 211 Å². The largest absolute Gasteiger partial charge is 2.00 e. The molecule has 1 fully saturated rings. The summed E-state index contributed by atoms with van der Waals surface area (Å²) >= 11 is 0. The number of hydrogen-bond acceptors (Lipinski definition) is 3. The summed E-state index contributed by atoms with van der Waals surface area (Å²) in [6, 6.07) is 0. The smallest absolute Gasteiger partial charge is 0.442 e. The molecule has 1 aliphatic rings. The van der Waals surface area contributed by atoms with Gasteiger partial charge in [0, 0.05) is 13.2 Å². The maximum atomic E-state index is 5.06. The van der Waals surface area contributed by atoms with Crippen molar-refractivity contribution in [2.24, 2.45) is 5.92 Å². The predicted octanol–water partition coefficient (Wildman–Crippen LogP) is 10.9. The van der Waals surface area contributed by atoms with E-state index in [1.54, 1.807) is 0 Å². The van der Waals surface area contributed by atoms with E-state index in [0.717, 1.165) is 69.3 Å². The summed E-state index contributed by atoms with van der Waals surface area (Å²) in [5.74, 6) is 2.87. The van der Waals surface area contributed by atoms with Crippen LogP contribution in [-0.2, 0) is 37.2 Å². The van der Waals surface area contributed by atoms with Crippen molar-refractivity contribution >= 4 is 48.9 Å². The predicted molar refractivity (Wildman–Crippen MR) is 205 cm³/mol. The molecule has 47 heavy (non-hydrogen) atoms. The standard InChI is InChI=1S/2C18H33N2.C5H10O.Ba/c2*1-10-16(4,5)13-14(17(6,7)11-2)20-15(19-13)18(8,9)12-3;1-5-2-3-6-4-5;/h2*10-12H2,1-9H3;5H,2-4H2,1H3;/q2*-1;;+2. The molecule has 1 atom stereocenters. The fraction of sp³-hybridized carbons (Fsp3) is 0.854. The molecule has 0 spiro atoms. The van der Waals surface area contributed by atoms with Crippen LogP contribution < -0.4 is 9.97 Å². The van der Waals surface area contributed by atoms with Crippen molar-refractivity contribution in [2.45, 2.75) is 209 Å². The quantitative estimate of drug-likeness (QED) is 0.201. The number of ether oxygens (including phenoxy) is 1. The molecule has 0 amide bonds. The summed E-state index contributed by atoms with van der Waals surface area (Å²) in [5.41, 5.74) is 5.33. The van der Waals surface area contributed by atoms with Crippen LogP contribution >= 0.6 is 0 Å². The third-order valence-electron chi connectivity index (χ3n) is 11.6. The van der Waals surface area contributed by atoms with Crippen molar-refractivity contribution in [3.63, 3.8) is 0 Å². The van der Waals surface area contributed by atoms with Crippen LogP contribution in [0, 0.1) is 5.92 Å². The van der Waals surface area contributed by atoms with Crippen molar-refractivity contribution < 1.29 is 4.74 Å². The number of hydrogen-bond donors (Lipinski definition) is 0. The Hall–Kier alpha value is -0.0486. The summed E-state index contributed by atoms with van der Waals surface area (Å²) in [6.07, 6.45) is 7.74. The van der Waals surface area contributed by atoms with E-state index >= 15 is 0 Å². The molecule has 268 valence electrons. The molecule has 1 aliphatic heterocycles. The Morgan fingerprint density at radius 1 is 0.532 bits per heavy atom. The van der Waals surface area contributed by atoms with Crippen LogP contribution in [0.25, 0.3) is 0 Å². The summed E-state index contributed by atoms with van der Waals surface area (Å²) < 4.78 is 5.06. The molecule has 0 aliphatic carbocycles. The van der Waals surface area contributed by atoms with Gasteiger partial charge in [-0.25, -0.2) is 0 Å². The number of nitrogens with zero attached hydrogens (tertiary/aromatic N) is 4. The molecular formula is C41H76BaN4O. The van der Waals surface area contributed by atoms with Gasteiger partial charge in [-0.2, -0.15) is 0 Å². The minimum absolute atomic E-state index is 0. The van der Waals surface area contributed by atoms with Crippen molar-refractivity contribution in [3.8, 4) is 0 Å². The van der Waals surface area contributed by atoms with Gasteiger partial charge in [0.2, 0.25) is 0 Å². The van der Waals surface area contributed by atoms with Crippen LogP contribution in [-0.4, -0.2) is 72.1 Å². The van der Waals surface area contributed by atoms with Crippen LogP contribution in [0.5, 0.6) is 0 Å². The van der Waals surface area contributed by atoms with E-state index in [4.69, 9.17) is 24.7 Å². The number of imidazole rings is 2. The zero-order chi connectivity index (χ0) is 35.9. The Morgan fingerprint density at radius 3 is 1.02 bits per heavy atom. The zero-order valence-electron chi connectivity index (χ0n) is 34.8. The molecule has 0 aromatic carbocycles. The van der Waals surface area contributed by atoms with Crippen molar-refractivity contribution in [1.82, 2.24) is 19.9 Å². The first-order valence-electron chi connectivity index (χ1n) is 18.6. The molecule has 3 rings (SSSR count). The maximum absolute atomic E-state index is 5.06. The van der Waals surface area contributed by atoms with E-state index in [1.807, 2.05) is 0 Å².